The van der Waals surface area contributed by atoms with Crippen molar-refractivity contribution in [3.05, 3.63) is 28.8 Å². The first-order valence-corrected chi connectivity index (χ1v) is 8.70. The Hall–Kier alpha value is -1.35. The molecule has 0 aromatic heterocycles. The Kier molecular flexibility index (Phi) is 5.93. The molecule has 0 spiro atoms. The van der Waals surface area contributed by atoms with Gasteiger partial charge >= 0.3 is 0 Å². The summed E-state index contributed by atoms with van der Waals surface area (Å²) in [6.07, 6.45) is 1.70. The lowest BCUT2D eigenvalue weighted by atomic mass is 9.74. The van der Waals surface area contributed by atoms with Crippen LogP contribution in [0, 0.1) is 5.41 Å². The Balaban J connectivity index is 3.44. The Morgan fingerprint density at radius 1 is 0.958 bits per heavy atom. The van der Waals surface area contributed by atoms with E-state index in [1.54, 1.807) is 6.21 Å². The van der Waals surface area contributed by atoms with Gasteiger partial charge in [-0.15, -0.1) is 0 Å². The first kappa shape index (κ1) is 20.7. The van der Waals surface area contributed by atoms with Gasteiger partial charge in [-0.3, -0.25) is 4.99 Å². The van der Waals surface area contributed by atoms with Crippen LogP contribution in [0.1, 0.15) is 79.0 Å². The molecule has 1 unspecified atom stereocenters. The maximum atomic E-state index is 10.9. The molecular weight excluding hydrogens is 298 g/mol. The Labute approximate surface area is 147 Å². The van der Waals surface area contributed by atoms with Crippen LogP contribution in [0.15, 0.2) is 17.1 Å². The highest BCUT2D eigenvalue weighted by Crippen LogP contribution is 2.40. The molecule has 0 fully saturated rings. The van der Waals surface area contributed by atoms with Crippen LogP contribution in [0.5, 0.6) is 5.75 Å². The van der Waals surface area contributed by atoms with Gasteiger partial charge in [0.2, 0.25) is 0 Å². The average Bonchev–Trinajstić information content (AvgIpc) is 2.36. The van der Waals surface area contributed by atoms with Crippen LogP contribution in [0.2, 0.25) is 0 Å². The van der Waals surface area contributed by atoms with Crippen molar-refractivity contribution in [3.63, 3.8) is 0 Å². The zero-order valence-corrected chi connectivity index (χ0v) is 16.9. The maximum Gasteiger partial charge on any atom is 0.128 e. The van der Waals surface area contributed by atoms with Gasteiger partial charge in [-0.1, -0.05) is 68.4 Å². The van der Waals surface area contributed by atoms with E-state index >= 15 is 0 Å². The summed E-state index contributed by atoms with van der Waals surface area (Å²) in [6, 6.07) is 3.82. The van der Waals surface area contributed by atoms with E-state index in [9.17, 15) is 10.2 Å². The van der Waals surface area contributed by atoms with Gasteiger partial charge in [-0.05, 0) is 27.9 Å². The third kappa shape index (κ3) is 4.83. The Bertz CT molecular complexity index is 596. The number of aliphatic imine (C=N–C) groups is 1. The minimum absolute atomic E-state index is 0.00698. The molecule has 136 valence electrons. The van der Waals surface area contributed by atoms with Crippen LogP contribution in [-0.2, 0) is 10.8 Å². The largest absolute Gasteiger partial charge is 0.507 e. The van der Waals surface area contributed by atoms with Gasteiger partial charge in [0.05, 0.1) is 12.6 Å². The third-order valence-corrected chi connectivity index (χ3v) is 4.33. The fourth-order valence-electron chi connectivity index (χ4n) is 2.81. The second kappa shape index (κ2) is 6.87. The van der Waals surface area contributed by atoms with Crippen molar-refractivity contribution in [1.29, 1.82) is 0 Å². The Morgan fingerprint density at radius 2 is 1.50 bits per heavy atom. The second-order valence-electron chi connectivity index (χ2n) is 9.77. The second-order valence-corrected chi connectivity index (χ2v) is 9.77. The van der Waals surface area contributed by atoms with Crippen LogP contribution < -0.4 is 0 Å². The van der Waals surface area contributed by atoms with Crippen LogP contribution in [0.4, 0.5) is 0 Å². The van der Waals surface area contributed by atoms with Gasteiger partial charge in [0.15, 0.2) is 0 Å². The molecule has 0 saturated carbocycles. The summed E-state index contributed by atoms with van der Waals surface area (Å²) in [5, 5.41) is 20.5. The SMILES string of the molecule is CC(C)(C)c1ccc(C=NC(CO)C(C)(C)C)c(O)c1C(C)(C)C. The van der Waals surface area contributed by atoms with Gasteiger partial charge in [0, 0.05) is 17.3 Å². The highest BCUT2D eigenvalue weighted by atomic mass is 16.3. The van der Waals surface area contributed by atoms with Crippen LogP contribution in [0.25, 0.3) is 0 Å². The minimum atomic E-state index is -0.197. The van der Waals surface area contributed by atoms with E-state index in [2.05, 4.69) is 52.6 Å². The van der Waals surface area contributed by atoms with Gasteiger partial charge in [0.1, 0.15) is 5.75 Å². The molecule has 24 heavy (non-hydrogen) atoms. The summed E-state index contributed by atoms with van der Waals surface area (Å²) >= 11 is 0. The highest BCUT2D eigenvalue weighted by molar-refractivity contribution is 5.85. The van der Waals surface area contributed by atoms with Gasteiger partial charge < -0.3 is 10.2 Å². The maximum absolute atomic E-state index is 10.9. The van der Waals surface area contributed by atoms with Crippen molar-refractivity contribution in [2.75, 3.05) is 6.61 Å². The van der Waals surface area contributed by atoms with E-state index < -0.39 is 0 Å². The van der Waals surface area contributed by atoms with Crippen molar-refractivity contribution >= 4 is 6.21 Å². The van der Waals surface area contributed by atoms with Crippen LogP contribution >= 0.6 is 0 Å². The molecule has 2 N–H and O–H groups in total. The van der Waals surface area contributed by atoms with Crippen molar-refractivity contribution in [2.24, 2.45) is 10.4 Å². The van der Waals surface area contributed by atoms with Gasteiger partial charge in [-0.25, -0.2) is 0 Å². The first-order chi connectivity index (χ1) is 10.7. The summed E-state index contributed by atoms with van der Waals surface area (Å²) in [5.74, 6) is 0.296. The lowest BCUT2D eigenvalue weighted by Gasteiger charge is -2.31. The quantitative estimate of drug-likeness (QED) is 0.780. The predicted octanol–water partition coefficient (Wildman–Crippen LogP) is 4.81. The minimum Gasteiger partial charge on any atom is -0.507 e. The molecule has 0 aliphatic heterocycles. The van der Waals surface area contributed by atoms with E-state index in [0.29, 0.717) is 11.3 Å². The number of phenols is 1. The van der Waals surface area contributed by atoms with E-state index in [4.69, 9.17) is 0 Å². The molecule has 0 heterocycles. The smallest absolute Gasteiger partial charge is 0.128 e. The average molecular weight is 334 g/mol. The van der Waals surface area contributed by atoms with Crippen LogP contribution in [0.3, 0.4) is 0 Å². The number of hydrogen-bond donors (Lipinski definition) is 2. The number of phenolic OH excluding ortho intramolecular Hbond substituents is 1. The molecule has 3 nitrogen and oxygen atoms in total. The molecule has 1 aromatic rings. The summed E-state index contributed by atoms with van der Waals surface area (Å²) < 4.78 is 0. The first-order valence-electron chi connectivity index (χ1n) is 8.70. The monoisotopic (exact) mass is 333 g/mol. The van der Waals surface area contributed by atoms with Crippen molar-refractivity contribution < 1.29 is 10.2 Å². The van der Waals surface area contributed by atoms with E-state index in [-0.39, 0.29) is 28.9 Å². The summed E-state index contributed by atoms with van der Waals surface area (Å²) in [4.78, 5) is 4.52. The lowest BCUT2D eigenvalue weighted by molar-refractivity contribution is 0.191. The van der Waals surface area contributed by atoms with E-state index in [0.717, 1.165) is 11.1 Å². The van der Waals surface area contributed by atoms with Crippen LogP contribution in [-0.4, -0.2) is 29.1 Å². The molecule has 0 amide bonds. The Morgan fingerprint density at radius 3 is 1.88 bits per heavy atom. The molecule has 1 atom stereocenters. The zero-order chi connectivity index (χ0) is 18.9. The molecule has 0 aliphatic rings. The molecule has 0 radical (unpaired) electrons. The summed E-state index contributed by atoms with van der Waals surface area (Å²) in [6.45, 7) is 19.0. The third-order valence-electron chi connectivity index (χ3n) is 4.33. The van der Waals surface area contributed by atoms with Gasteiger partial charge in [0.25, 0.3) is 0 Å². The van der Waals surface area contributed by atoms with E-state index in [1.165, 1.54) is 0 Å². The molecule has 1 aromatic carbocycles. The number of hydrogen-bond acceptors (Lipinski definition) is 3. The summed E-state index contributed by atoms with van der Waals surface area (Å²) in [7, 11) is 0. The normalized spacial score (nSPS) is 15.1. The van der Waals surface area contributed by atoms with E-state index in [1.807, 2.05) is 26.8 Å². The molecule has 1 rings (SSSR count). The number of benzene rings is 1. The zero-order valence-electron chi connectivity index (χ0n) is 16.9. The number of aliphatic hydroxyl groups is 1. The molecule has 0 saturated heterocycles. The molecule has 0 bridgehead atoms. The standard InChI is InChI=1S/C21H35NO2/c1-19(2,3)15-11-10-14(18(24)17(15)21(7,8)9)12-22-16(13-23)20(4,5)6/h10-12,16,23-24H,13H2,1-9H3. The fraction of sp³-hybridized carbons (Fsp3) is 0.667. The summed E-state index contributed by atoms with van der Waals surface area (Å²) in [5.41, 5.74) is 2.48. The number of aliphatic hydroxyl groups excluding tert-OH is 1. The number of rotatable bonds is 3. The van der Waals surface area contributed by atoms with Crippen molar-refractivity contribution in [3.8, 4) is 5.75 Å². The van der Waals surface area contributed by atoms with Gasteiger partial charge in [-0.2, -0.15) is 0 Å². The predicted molar refractivity (Wildman–Crippen MR) is 103 cm³/mol. The highest BCUT2D eigenvalue weighted by Gasteiger charge is 2.29. The topological polar surface area (TPSA) is 52.8 Å². The lowest BCUT2D eigenvalue weighted by Crippen LogP contribution is -2.28. The number of aromatic hydroxyl groups is 1. The molecular formula is C21H35NO2. The fourth-order valence-corrected chi connectivity index (χ4v) is 2.81. The van der Waals surface area contributed by atoms with Crippen molar-refractivity contribution in [1.82, 2.24) is 0 Å². The van der Waals surface area contributed by atoms with Crippen molar-refractivity contribution in [2.45, 2.75) is 79.2 Å². The molecule has 3 heteroatoms. The molecule has 0 aliphatic carbocycles. The number of nitrogens with zero attached hydrogens (tertiary/aromatic N) is 1.